The monoisotopic (exact) mass is 286 g/mol. The van der Waals surface area contributed by atoms with E-state index in [0.29, 0.717) is 0 Å². The van der Waals surface area contributed by atoms with Crippen molar-refractivity contribution in [2.45, 2.75) is 18.3 Å². The van der Waals surface area contributed by atoms with Crippen LogP contribution >= 0.6 is 0 Å². The summed E-state index contributed by atoms with van der Waals surface area (Å²) in [5.41, 5.74) is 2.28. The van der Waals surface area contributed by atoms with E-state index >= 15 is 0 Å². The quantitative estimate of drug-likeness (QED) is 0.809. The molecule has 1 aromatic carbocycles. The summed E-state index contributed by atoms with van der Waals surface area (Å²) in [6, 6.07) is 9.77. The molecular formula is C16H18N2O3. The van der Waals surface area contributed by atoms with Gasteiger partial charge in [-0.25, -0.2) is 0 Å². The van der Waals surface area contributed by atoms with E-state index in [1.165, 1.54) is 7.11 Å². The summed E-state index contributed by atoms with van der Waals surface area (Å²) >= 11 is 0. The molecule has 21 heavy (non-hydrogen) atoms. The summed E-state index contributed by atoms with van der Waals surface area (Å²) in [6.07, 6.45) is 1.61. The molecule has 1 aliphatic rings. The Labute approximate surface area is 123 Å². The third-order valence-electron chi connectivity index (χ3n) is 4.08. The molecule has 1 heterocycles. The SMILES string of the molecule is COC(=O)C1(c2cc(-c3ccc(OC)cc3)n(C)n2)CC1. The van der Waals surface area contributed by atoms with Crippen molar-refractivity contribution in [3.8, 4) is 17.0 Å². The molecule has 0 bridgehead atoms. The highest BCUT2D eigenvalue weighted by Gasteiger charge is 2.54. The molecule has 0 spiro atoms. The Balaban J connectivity index is 1.96. The summed E-state index contributed by atoms with van der Waals surface area (Å²) in [5, 5.41) is 4.52. The van der Waals surface area contributed by atoms with Crippen LogP contribution in [0.2, 0.25) is 0 Å². The van der Waals surface area contributed by atoms with Crippen molar-refractivity contribution in [3.05, 3.63) is 36.0 Å². The lowest BCUT2D eigenvalue weighted by Gasteiger charge is -2.08. The number of nitrogens with zero attached hydrogens (tertiary/aromatic N) is 2. The molecule has 3 rings (SSSR count). The summed E-state index contributed by atoms with van der Waals surface area (Å²) in [5.74, 6) is 0.622. The molecule has 0 N–H and O–H groups in total. The van der Waals surface area contributed by atoms with E-state index in [4.69, 9.17) is 9.47 Å². The van der Waals surface area contributed by atoms with Gasteiger partial charge in [0.1, 0.15) is 11.2 Å². The fraction of sp³-hybridized carbons (Fsp3) is 0.375. The zero-order valence-corrected chi connectivity index (χ0v) is 12.4. The van der Waals surface area contributed by atoms with Gasteiger partial charge in [0.25, 0.3) is 0 Å². The number of esters is 1. The number of carbonyl (C=O) groups is 1. The van der Waals surface area contributed by atoms with E-state index in [1.807, 2.05) is 37.4 Å². The molecule has 5 nitrogen and oxygen atoms in total. The van der Waals surface area contributed by atoms with Gasteiger partial charge in [-0.3, -0.25) is 9.48 Å². The zero-order chi connectivity index (χ0) is 15.0. The molecule has 0 radical (unpaired) electrons. The van der Waals surface area contributed by atoms with Crippen LogP contribution in [0.1, 0.15) is 18.5 Å². The van der Waals surface area contributed by atoms with Gasteiger partial charge in [0.2, 0.25) is 0 Å². The van der Waals surface area contributed by atoms with Gasteiger partial charge in [-0.1, -0.05) is 0 Å². The smallest absolute Gasteiger partial charge is 0.317 e. The first kappa shape index (κ1) is 13.7. The second-order valence-corrected chi connectivity index (χ2v) is 5.34. The highest BCUT2D eigenvalue weighted by atomic mass is 16.5. The van der Waals surface area contributed by atoms with Crippen molar-refractivity contribution in [2.24, 2.45) is 7.05 Å². The molecule has 0 atom stereocenters. The van der Waals surface area contributed by atoms with Gasteiger partial charge in [-0.15, -0.1) is 0 Å². The van der Waals surface area contributed by atoms with E-state index in [0.717, 1.165) is 35.5 Å². The Bertz CT molecular complexity index is 669. The zero-order valence-electron chi connectivity index (χ0n) is 12.4. The van der Waals surface area contributed by atoms with Crippen LogP contribution in [-0.4, -0.2) is 30.0 Å². The van der Waals surface area contributed by atoms with Crippen molar-refractivity contribution in [3.63, 3.8) is 0 Å². The van der Waals surface area contributed by atoms with Crippen molar-refractivity contribution in [1.29, 1.82) is 0 Å². The van der Waals surface area contributed by atoms with Gasteiger partial charge in [-0.05, 0) is 43.2 Å². The molecule has 5 heteroatoms. The lowest BCUT2D eigenvalue weighted by Crippen LogP contribution is -2.22. The number of methoxy groups -OCH3 is 2. The van der Waals surface area contributed by atoms with Gasteiger partial charge >= 0.3 is 5.97 Å². The van der Waals surface area contributed by atoms with Crippen LogP contribution in [0.15, 0.2) is 30.3 Å². The fourth-order valence-electron chi connectivity index (χ4n) is 2.62. The van der Waals surface area contributed by atoms with Crippen molar-refractivity contribution < 1.29 is 14.3 Å². The normalized spacial score (nSPS) is 15.6. The minimum atomic E-state index is -0.531. The molecule has 1 saturated carbocycles. The number of aryl methyl sites for hydroxylation is 1. The van der Waals surface area contributed by atoms with Crippen LogP contribution in [-0.2, 0) is 22.0 Å². The van der Waals surface area contributed by atoms with Gasteiger partial charge in [0, 0.05) is 12.6 Å². The highest BCUT2D eigenvalue weighted by molar-refractivity contribution is 5.86. The van der Waals surface area contributed by atoms with Crippen LogP contribution in [0.25, 0.3) is 11.3 Å². The lowest BCUT2D eigenvalue weighted by atomic mass is 10.0. The maximum atomic E-state index is 11.9. The molecule has 1 aliphatic carbocycles. The largest absolute Gasteiger partial charge is 0.497 e. The Morgan fingerprint density at radius 1 is 1.24 bits per heavy atom. The first-order valence-corrected chi connectivity index (χ1v) is 6.88. The maximum absolute atomic E-state index is 11.9. The average molecular weight is 286 g/mol. The van der Waals surface area contributed by atoms with Crippen molar-refractivity contribution in [1.82, 2.24) is 9.78 Å². The summed E-state index contributed by atoms with van der Waals surface area (Å²) in [7, 11) is 4.95. The van der Waals surface area contributed by atoms with Crippen molar-refractivity contribution in [2.75, 3.05) is 14.2 Å². The molecule has 2 aromatic rings. The van der Waals surface area contributed by atoms with E-state index in [2.05, 4.69) is 5.10 Å². The minimum Gasteiger partial charge on any atom is -0.497 e. The topological polar surface area (TPSA) is 53.4 Å². The van der Waals surface area contributed by atoms with E-state index in [9.17, 15) is 4.79 Å². The number of carbonyl (C=O) groups excluding carboxylic acids is 1. The van der Waals surface area contributed by atoms with E-state index in [-0.39, 0.29) is 5.97 Å². The van der Waals surface area contributed by atoms with Crippen LogP contribution < -0.4 is 4.74 Å². The number of hydrogen-bond donors (Lipinski definition) is 0. The highest BCUT2D eigenvalue weighted by Crippen LogP contribution is 2.49. The van der Waals surface area contributed by atoms with Gasteiger partial charge in [0.15, 0.2) is 0 Å². The predicted molar refractivity (Wildman–Crippen MR) is 78.1 cm³/mol. The molecule has 0 unspecified atom stereocenters. The van der Waals surface area contributed by atoms with E-state index in [1.54, 1.807) is 11.8 Å². The Hall–Kier alpha value is -2.30. The van der Waals surface area contributed by atoms with Crippen molar-refractivity contribution >= 4 is 5.97 Å². The first-order valence-electron chi connectivity index (χ1n) is 6.88. The predicted octanol–water partition coefficient (Wildman–Crippen LogP) is 2.30. The second kappa shape index (κ2) is 4.91. The van der Waals surface area contributed by atoms with Gasteiger partial charge in [-0.2, -0.15) is 5.10 Å². The third kappa shape index (κ3) is 2.18. The molecule has 0 aliphatic heterocycles. The number of rotatable bonds is 4. The molecular weight excluding hydrogens is 268 g/mol. The molecule has 1 aromatic heterocycles. The molecule has 0 saturated heterocycles. The Morgan fingerprint density at radius 2 is 1.90 bits per heavy atom. The number of hydrogen-bond acceptors (Lipinski definition) is 4. The third-order valence-corrected chi connectivity index (χ3v) is 4.08. The van der Waals surface area contributed by atoms with E-state index < -0.39 is 5.41 Å². The van der Waals surface area contributed by atoms with Crippen LogP contribution in [0.3, 0.4) is 0 Å². The van der Waals surface area contributed by atoms with Gasteiger partial charge < -0.3 is 9.47 Å². The number of ether oxygens (including phenoxy) is 2. The standard InChI is InChI=1S/C16H18N2O3/c1-18-13(11-4-6-12(20-2)7-5-11)10-14(17-18)16(8-9-16)15(19)21-3/h4-7,10H,8-9H2,1-3H3. The molecule has 110 valence electrons. The molecule has 0 amide bonds. The van der Waals surface area contributed by atoms with Gasteiger partial charge in [0.05, 0.1) is 25.6 Å². The minimum absolute atomic E-state index is 0.193. The average Bonchev–Trinajstić information content (AvgIpc) is 3.24. The molecule has 1 fully saturated rings. The van der Waals surface area contributed by atoms with Crippen LogP contribution in [0.4, 0.5) is 0 Å². The fourth-order valence-corrected chi connectivity index (χ4v) is 2.62. The Kier molecular flexibility index (Phi) is 3.20. The number of aromatic nitrogens is 2. The summed E-state index contributed by atoms with van der Waals surface area (Å²) in [6.45, 7) is 0. The first-order chi connectivity index (χ1) is 10.1. The second-order valence-electron chi connectivity index (χ2n) is 5.34. The Morgan fingerprint density at radius 3 is 2.43 bits per heavy atom. The summed E-state index contributed by atoms with van der Waals surface area (Å²) in [4.78, 5) is 11.9. The van der Waals surface area contributed by atoms with Crippen LogP contribution in [0, 0.1) is 0 Å². The number of benzene rings is 1. The lowest BCUT2D eigenvalue weighted by molar-refractivity contribution is -0.143. The summed E-state index contributed by atoms with van der Waals surface area (Å²) < 4.78 is 11.9. The maximum Gasteiger partial charge on any atom is 0.317 e. The van der Waals surface area contributed by atoms with Crippen LogP contribution in [0.5, 0.6) is 5.75 Å².